The van der Waals surface area contributed by atoms with Crippen LogP contribution < -0.4 is 10.1 Å². The van der Waals surface area contributed by atoms with Gasteiger partial charge in [-0.25, -0.2) is 0 Å². The minimum absolute atomic E-state index is 0.456. The van der Waals surface area contributed by atoms with E-state index in [1.54, 1.807) is 26.2 Å². The lowest BCUT2D eigenvalue weighted by Gasteiger charge is -2.10. The van der Waals surface area contributed by atoms with Crippen LogP contribution in [0.25, 0.3) is 0 Å². The Bertz CT molecular complexity index is 381. The molecule has 0 saturated heterocycles. The topological polar surface area (TPSA) is 58.6 Å². The van der Waals surface area contributed by atoms with Crippen molar-refractivity contribution in [2.75, 3.05) is 7.11 Å². The first-order valence-electron chi connectivity index (χ1n) is 4.83. The Morgan fingerprint density at radius 2 is 2.31 bits per heavy atom. The first kappa shape index (κ1) is 12.8. The summed E-state index contributed by atoms with van der Waals surface area (Å²) < 4.78 is 5.02. The van der Waals surface area contributed by atoms with Crippen molar-refractivity contribution in [3.63, 3.8) is 0 Å². The molecule has 1 rings (SSSR count). The lowest BCUT2D eigenvalue weighted by atomic mass is 10.2. The van der Waals surface area contributed by atoms with Gasteiger partial charge in [-0.3, -0.25) is 4.79 Å². The van der Waals surface area contributed by atoms with Gasteiger partial charge in [0.1, 0.15) is 11.8 Å². The Hall–Kier alpha value is -1.26. The van der Waals surface area contributed by atoms with Crippen molar-refractivity contribution in [3.05, 3.63) is 28.8 Å². The molecule has 4 nitrogen and oxygen atoms in total. The van der Waals surface area contributed by atoms with E-state index in [1.807, 2.05) is 6.07 Å². The zero-order valence-electron chi connectivity index (χ0n) is 9.16. The largest absolute Gasteiger partial charge is 0.495 e. The normalized spacial score (nSPS) is 12.2. The highest BCUT2D eigenvalue weighted by molar-refractivity contribution is 6.32. The van der Waals surface area contributed by atoms with E-state index >= 15 is 0 Å². The summed E-state index contributed by atoms with van der Waals surface area (Å²) in [7, 11) is 1.55. The molecule has 0 unspecified atom stereocenters. The maximum absolute atomic E-state index is 10.6. The maximum atomic E-state index is 10.6. The predicted molar refractivity (Wildman–Crippen MR) is 61.9 cm³/mol. The average Bonchev–Trinajstić information content (AvgIpc) is 2.25. The third kappa shape index (κ3) is 3.40. The summed E-state index contributed by atoms with van der Waals surface area (Å²) >= 11 is 5.94. The van der Waals surface area contributed by atoms with Crippen LogP contribution in [0.2, 0.25) is 5.02 Å². The number of carbonyl (C=O) groups is 1. The number of rotatable bonds is 5. The maximum Gasteiger partial charge on any atom is 0.320 e. The molecular weight excluding hydrogens is 230 g/mol. The van der Waals surface area contributed by atoms with Crippen molar-refractivity contribution in [2.45, 2.75) is 19.5 Å². The molecule has 0 amide bonds. The van der Waals surface area contributed by atoms with Gasteiger partial charge < -0.3 is 15.2 Å². The standard InChI is InChI=1S/C11H14ClNO3/c1-7(11(14)15)13-6-8-3-4-10(16-2)9(12)5-8/h3-5,7,13H,6H2,1-2H3,(H,14,15)/t7-/m0/s1. The van der Waals surface area contributed by atoms with Gasteiger partial charge in [-0.1, -0.05) is 17.7 Å². The summed E-state index contributed by atoms with van der Waals surface area (Å²) in [5.41, 5.74) is 0.916. The van der Waals surface area contributed by atoms with E-state index in [9.17, 15) is 4.79 Å². The fourth-order valence-electron chi connectivity index (χ4n) is 1.18. The molecule has 1 atom stereocenters. The van der Waals surface area contributed by atoms with Crippen molar-refractivity contribution in [1.29, 1.82) is 0 Å². The molecule has 1 aromatic rings. The highest BCUT2D eigenvalue weighted by Gasteiger charge is 2.09. The second kappa shape index (κ2) is 5.72. The van der Waals surface area contributed by atoms with Crippen LogP contribution in [0.5, 0.6) is 5.75 Å². The molecule has 88 valence electrons. The van der Waals surface area contributed by atoms with Crippen LogP contribution in [-0.2, 0) is 11.3 Å². The molecule has 0 aromatic heterocycles. The second-order valence-corrected chi connectivity index (χ2v) is 3.82. The highest BCUT2D eigenvalue weighted by atomic mass is 35.5. The van der Waals surface area contributed by atoms with E-state index < -0.39 is 12.0 Å². The van der Waals surface area contributed by atoms with Gasteiger partial charge in [0.15, 0.2) is 0 Å². The number of aliphatic carboxylic acids is 1. The molecule has 0 spiro atoms. The number of hydrogen-bond acceptors (Lipinski definition) is 3. The van der Waals surface area contributed by atoms with E-state index in [1.165, 1.54) is 0 Å². The molecule has 0 fully saturated rings. The summed E-state index contributed by atoms with van der Waals surface area (Å²) in [5, 5.41) is 12.1. The Morgan fingerprint density at radius 1 is 1.62 bits per heavy atom. The summed E-state index contributed by atoms with van der Waals surface area (Å²) in [6, 6.07) is 4.76. The van der Waals surface area contributed by atoms with Crippen LogP contribution in [0.15, 0.2) is 18.2 Å². The number of methoxy groups -OCH3 is 1. The molecule has 0 saturated carbocycles. The Labute approximate surface area is 99.2 Å². The number of hydrogen-bond donors (Lipinski definition) is 2. The van der Waals surface area contributed by atoms with Crippen molar-refractivity contribution < 1.29 is 14.6 Å². The van der Waals surface area contributed by atoms with E-state index in [-0.39, 0.29) is 0 Å². The molecule has 5 heteroatoms. The van der Waals surface area contributed by atoms with Crippen LogP contribution in [0.1, 0.15) is 12.5 Å². The van der Waals surface area contributed by atoms with Gasteiger partial charge in [-0.15, -0.1) is 0 Å². The minimum Gasteiger partial charge on any atom is -0.495 e. The van der Waals surface area contributed by atoms with Gasteiger partial charge in [0.25, 0.3) is 0 Å². The van der Waals surface area contributed by atoms with Gasteiger partial charge in [-0.2, -0.15) is 0 Å². The van der Waals surface area contributed by atoms with Gasteiger partial charge in [-0.05, 0) is 24.6 Å². The van der Waals surface area contributed by atoms with Crippen LogP contribution in [0.4, 0.5) is 0 Å². The highest BCUT2D eigenvalue weighted by Crippen LogP contribution is 2.24. The molecule has 16 heavy (non-hydrogen) atoms. The van der Waals surface area contributed by atoms with Crippen LogP contribution in [0.3, 0.4) is 0 Å². The SMILES string of the molecule is COc1ccc(CN[C@@H](C)C(=O)O)cc1Cl. The molecule has 0 aliphatic carbocycles. The number of ether oxygens (including phenoxy) is 1. The average molecular weight is 244 g/mol. The molecule has 0 aliphatic rings. The molecule has 1 aromatic carbocycles. The van der Waals surface area contributed by atoms with Gasteiger partial charge >= 0.3 is 5.97 Å². The van der Waals surface area contributed by atoms with Crippen LogP contribution in [0, 0.1) is 0 Å². The molecule has 0 aliphatic heterocycles. The van der Waals surface area contributed by atoms with Crippen molar-refractivity contribution in [1.82, 2.24) is 5.32 Å². The molecule has 0 heterocycles. The minimum atomic E-state index is -0.875. The first-order chi connectivity index (χ1) is 7.54. The third-order valence-corrected chi connectivity index (χ3v) is 2.49. The van der Waals surface area contributed by atoms with Gasteiger partial charge in [0.2, 0.25) is 0 Å². The number of halogens is 1. The van der Waals surface area contributed by atoms with E-state index in [2.05, 4.69) is 5.32 Å². The quantitative estimate of drug-likeness (QED) is 0.830. The Balaban J connectivity index is 2.62. The summed E-state index contributed by atoms with van der Waals surface area (Å²) in [4.78, 5) is 10.6. The number of benzene rings is 1. The number of carboxylic acid groups (broad SMARTS) is 1. The zero-order chi connectivity index (χ0) is 12.1. The fourth-order valence-corrected chi connectivity index (χ4v) is 1.46. The van der Waals surface area contributed by atoms with Gasteiger partial charge in [0, 0.05) is 6.54 Å². The molecule has 2 N–H and O–H groups in total. The summed E-state index contributed by atoms with van der Waals surface area (Å²) in [6.07, 6.45) is 0. The fraction of sp³-hybridized carbons (Fsp3) is 0.364. The van der Waals surface area contributed by atoms with Crippen molar-refractivity contribution >= 4 is 17.6 Å². The molecule has 0 radical (unpaired) electrons. The zero-order valence-corrected chi connectivity index (χ0v) is 9.91. The number of carboxylic acids is 1. The van der Waals surface area contributed by atoms with E-state index in [4.69, 9.17) is 21.4 Å². The third-order valence-electron chi connectivity index (χ3n) is 2.20. The Morgan fingerprint density at radius 3 is 2.81 bits per heavy atom. The predicted octanol–water partition coefficient (Wildman–Crippen LogP) is 1.91. The monoisotopic (exact) mass is 243 g/mol. The molecule has 0 bridgehead atoms. The van der Waals surface area contributed by atoms with Crippen LogP contribution >= 0.6 is 11.6 Å². The lowest BCUT2D eigenvalue weighted by Crippen LogP contribution is -2.33. The number of nitrogens with one attached hydrogen (secondary N) is 1. The van der Waals surface area contributed by atoms with Gasteiger partial charge in [0.05, 0.1) is 12.1 Å². The summed E-state index contributed by atoms with van der Waals surface area (Å²) in [5.74, 6) is -0.267. The first-order valence-corrected chi connectivity index (χ1v) is 5.21. The van der Waals surface area contributed by atoms with Crippen LogP contribution in [-0.4, -0.2) is 24.2 Å². The second-order valence-electron chi connectivity index (χ2n) is 3.41. The van der Waals surface area contributed by atoms with Crippen molar-refractivity contribution in [3.8, 4) is 5.75 Å². The molecular formula is C11H14ClNO3. The smallest absolute Gasteiger partial charge is 0.320 e. The van der Waals surface area contributed by atoms with E-state index in [0.717, 1.165) is 5.56 Å². The Kier molecular flexibility index (Phi) is 4.58. The lowest BCUT2D eigenvalue weighted by molar-refractivity contribution is -0.139. The van der Waals surface area contributed by atoms with Crippen molar-refractivity contribution in [2.24, 2.45) is 0 Å². The van der Waals surface area contributed by atoms with E-state index in [0.29, 0.717) is 17.3 Å². The summed E-state index contributed by atoms with van der Waals surface area (Å²) in [6.45, 7) is 2.05.